The third-order valence-corrected chi connectivity index (χ3v) is 8.22. The van der Waals surface area contributed by atoms with E-state index in [0.717, 1.165) is 37.7 Å². The van der Waals surface area contributed by atoms with Crippen molar-refractivity contribution in [2.75, 3.05) is 0 Å². The Balaban J connectivity index is 1.51. The molecule has 1 aliphatic heterocycles. The number of carbonyl (C=O) groups excluding carboxylic acids is 3. The van der Waals surface area contributed by atoms with Gasteiger partial charge in [-0.3, -0.25) is 19.3 Å². The normalized spacial score (nSPS) is 20.2. The summed E-state index contributed by atoms with van der Waals surface area (Å²) in [5.41, 5.74) is 2.01. The van der Waals surface area contributed by atoms with E-state index in [4.69, 9.17) is 0 Å². The van der Waals surface area contributed by atoms with Crippen molar-refractivity contribution in [2.45, 2.75) is 82.3 Å². The summed E-state index contributed by atoms with van der Waals surface area (Å²) in [5.74, 6) is -3.61. The number of halogens is 1. The van der Waals surface area contributed by atoms with Gasteiger partial charge in [0, 0.05) is 19.0 Å². The Kier molecular flexibility index (Phi) is 8.81. The van der Waals surface area contributed by atoms with Gasteiger partial charge >= 0.3 is 0 Å². The van der Waals surface area contributed by atoms with Crippen LogP contribution in [0.15, 0.2) is 91.0 Å². The van der Waals surface area contributed by atoms with E-state index >= 15 is 4.39 Å². The third kappa shape index (κ3) is 6.04. The van der Waals surface area contributed by atoms with Crippen LogP contribution in [-0.4, -0.2) is 39.4 Å². The number of alkyl halides is 1. The van der Waals surface area contributed by atoms with Gasteiger partial charge in [-0.15, -0.1) is 0 Å². The van der Waals surface area contributed by atoms with Crippen LogP contribution in [0, 0.1) is 0 Å². The largest absolute Gasteiger partial charge is 0.341 e. The van der Waals surface area contributed by atoms with Crippen LogP contribution < -0.4 is 5.32 Å². The SMILES string of the molecule is CCCC(=O)N(Cc1ccccc1)C(C(=O)NC(c1ccccc1)C1(F)C(=O)N1C1CCCCC1)c1ccccc1. The summed E-state index contributed by atoms with van der Waals surface area (Å²) in [7, 11) is 0. The van der Waals surface area contributed by atoms with Crippen molar-refractivity contribution in [2.24, 2.45) is 0 Å². The summed E-state index contributed by atoms with van der Waals surface area (Å²) in [6.07, 6.45) is 5.41. The maximum atomic E-state index is 16.8. The Bertz CT molecular complexity index is 1330. The molecule has 1 saturated heterocycles. The lowest BCUT2D eigenvalue weighted by molar-refractivity contribution is -0.142. The van der Waals surface area contributed by atoms with Crippen LogP contribution in [-0.2, 0) is 20.9 Å². The number of hydrogen-bond acceptors (Lipinski definition) is 3. The van der Waals surface area contributed by atoms with Crippen LogP contribution in [0.4, 0.5) is 4.39 Å². The van der Waals surface area contributed by atoms with Gasteiger partial charge in [0.25, 0.3) is 11.7 Å². The molecule has 2 fully saturated rings. The predicted octanol–water partition coefficient (Wildman–Crippen LogP) is 6.25. The zero-order chi connectivity index (χ0) is 28.8. The molecule has 41 heavy (non-hydrogen) atoms. The van der Waals surface area contributed by atoms with E-state index in [1.54, 1.807) is 41.3 Å². The Morgan fingerprint density at radius 3 is 2.05 bits per heavy atom. The maximum Gasteiger partial charge on any atom is 0.288 e. The standard InChI is InChI=1S/C34H38FN3O3/c1-2-15-29(39)37(24-25-16-7-3-8-17-25)30(26-18-9-4-10-19-26)32(40)36-31(27-20-11-5-12-21-27)34(35)33(41)38(34)28-22-13-6-14-23-28/h3-5,7-12,16-21,28,30-31H,2,6,13-15,22-24H2,1H3,(H,36,40). The van der Waals surface area contributed by atoms with Crippen molar-refractivity contribution < 1.29 is 18.8 Å². The number of carbonyl (C=O) groups is 3. The lowest BCUT2D eigenvalue weighted by atomic mass is 9.94. The highest BCUT2D eigenvalue weighted by Gasteiger charge is 2.71. The molecule has 1 heterocycles. The second-order valence-electron chi connectivity index (χ2n) is 11.1. The summed E-state index contributed by atoms with van der Waals surface area (Å²) in [4.78, 5) is 44.0. The molecule has 3 amide bonds. The molecule has 2 aliphatic rings. The van der Waals surface area contributed by atoms with Crippen LogP contribution in [0.3, 0.4) is 0 Å². The molecule has 3 unspecified atom stereocenters. The average molecular weight is 556 g/mol. The van der Waals surface area contributed by atoms with Crippen molar-refractivity contribution in [1.29, 1.82) is 0 Å². The molecular weight excluding hydrogens is 517 g/mol. The van der Waals surface area contributed by atoms with Crippen LogP contribution in [0.1, 0.15) is 80.6 Å². The van der Waals surface area contributed by atoms with E-state index in [9.17, 15) is 14.4 Å². The highest BCUT2D eigenvalue weighted by Crippen LogP contribution is 2.50. The van der Waals surface area contributed by atoms with Gasteiger partial charge in [0.2, 0.25) is 11.8 Å². The van der Waals surface area contributed by atoms with Crippen molar-refractivity contribution in [1.82, 2.24) is 15.1 Å². The number of benzene rings is 3. The minimum absolute atomic E-state index is 0.169. The Hall–Kier alpha value is -4.00. The number of hydrogen-bond donors (Lipinski definition) is 1. The molecule has 0 radical (unpaired) electrons. The van der Waals surface area contributed by atoms with Crippen molar-refractivity contribution in [3.05, 3.63) is 108 Å². The van der Waals surface area contributed by atoms with E-state index in [0.29, 0.717) is 17.5 Å². The molecule has 1 aliphatic carbocycles. The van der Waals surface area contributed by atoms with Crippen LogP contribution in [0.25, 0.3) is 0 Å². The van der Waals surface area contributed by atoms with Gasteiger partial charge in [-0.2, -0.15) is 0 Å². The highest BCUT2D eigenvalue weighted by molar-refractivity contribution is 6.02. The minimum atomic E-state index is -2.34. The number of amides is 3. The van der Waals surface area contributed by atoms with E-state index in [-0.39, 0.29) is 24.9 Å². The summed E-state index contributed by atoms with van der Waals surface area (Å²) in [6, 6.07) is 25.1. The van der Waals surface area contributed by atoms with E-state index < -0.39 is 29.7 Å². The fraction of sp³-hybridized carbons (Fsp3) is 0.382. The lowest BCUT2D eigenvalue weighted by Gasteiger charge is -2.34. The number of nitrogens with zero attached hydrogens (tertiary/aromatic N) is 2. The molecule has 3 aromatic rings. The second-order valence-corrected chi connectivity index (χ2v) is 11.1. The number of rotatable bonds is 11. The Labute approximate surface area is 241 Å². The Morgan fingerprint density at radius 2 is 1.46 bits per heavy atom. The highest BCUT2D eigenvalue weighted by atomic mass is 19.2. The summed E-state index contributed by atoms with van der Waals surface area (Å²) < 4.78 is 16.8. The molecule has 1 saturated carbocycles. The first-order chi connectivity index (χ1) is 19.9. The molecule has 0 bridgehead atoms. The number of nitrogens with one attached hydrogen (secondary N) is 1. The smallest absolute Gasteiger partial charge is 0.288 e. The maximum absolute atomic E-state index is 16.8. The van der Waals surface area contributed by atoms with Crippen LogP contribution in [0.5, 0.6) is 0 Å². The van der Waals surface area contributed by atoms with Crippen LogP contribution in [0.2, 0.25) is 0 Å². The fourth-order valence-electron chi connectivity index (χ4n) is 6.11. The van der Waals surface area contributed by atoms with E-state index in [1.807, 2.05) is 61.5 Å². The first kappa shape index (κ1) is 28.5. The molecule has 7 heteroatoms. The summed E-state index contributed by atoms with van der Waals surface area (Å²) in [5, 5.41) is 2.93. The molecular formula is C34H38FN3O3. The van der Waals surface area contributed by atoms with E-state index in [2.05, 4.69) is 5.32 Å². The van der Waals surface area contributed by atoms with Crippen molar-refractivity contribution in [3.8, 4) is 0 Å². The molecule has 214 valence electrons. The van der Waals surface area contributed by atoms with Gasteiger partial charge in [0.15, 0.2) is 0 Å². The molecule has 5 rings (SSSR count). The first-order valence-electron chi connectivity index (χ1n) is 14.7. The van der Waals surface area contributed by atoms with Gasteiger partial charge in [-0.25, -0.2) is 4.39 Å². The predicted molar refractivity (Wildman–Crippen MR) is 156 cm³/mol. The molecule has 0 spiro atoms. The second kappa shape index (κ2) is 12.7. The topological polar surface area (TPSA) is 69.5 Å². The molecule has 3 aromatic carbocycles. The summed E-state index contributed by atoms with van der Waals surface area (Å²) in [6.45, 7) is 2.14. The fourth-order valence-corrected chi connectivity index (χ4v) is 6.11. The van der Waals surface area contributed by atoms with Crippen molar-refractivity contribution >= 4 is 17.7 Å². The van der Waals surface area contributed by atoms with Crippen molar-refractivity contribution in [3.63, 3.8) is 0 Å². The van der Waals surface area contributed by atoms with Gasteiger partial charge in [-0.05, 0) is 36.0 Å². The minimum Gasteiger partial charge on any atom is -0.341 e. The quantitative estimate of drug-likeness (QED) is 0.224. The average Bonchev–Trinajstić information content (AvgIpc) is 3.57. The first-order valence-corrected chi connectivity index (χ1v) is 14.7. The molecule has 1 N–H and O–H groups in total. The Morgan fingerprint density at radius 1 is 0.902 bits per heavy atom. The zero-order valence-electron chi connectivity index (χ0n) is 23.5. The monoisotopic (exact) mass is 555 g/mol. The summed E-state index contributed by atoms with van der Waals surface area (Å²) >= 11 is 0. The van der Waals surface area contributed by atoms with Gasteiger partial charge < -0.3 is 10.2 Å². The zero-order valence-corrected chi connectivity index (χ0v) is 23.5. The molecule has 0 aromatic heterocycles. The van der Waals surface area contributed by atoms with Gasteiger partial charge in [0.05, 0.1) is 0 Å². The van der Waals surface area contributed by atoms with Gasteiger partial charge in [-0.1, -0.05) is 117 Å². The van der Waals surface area contributed by atoms with E-state index in [1.165, 1.54) is 4.90 Å². The van der Waals surface area contributed by atoms with Gasteiger partial charge in [0.1, 0.15) is 12.1 Å². The molecule has 3 atom stereocenters. The third-order valence-electron chi connectivity index (χ3n) is 8.22. The molecule has 6 nitrogen and oxygen atoms in total. The van der Waals surface area contributed by atoms with Crippen LogP contribution >= 0.6 is 0 Å². The lowest BCUT2D eigenvalue weighted by Crippen LogP contribution is -2.47.